The van der Waals surface area contributed by atoms with Crippen molar-refractivity contribution in [2.45, 2.75) is 77.2 Å². The van der Waals surface area contributed by atoms with Gasteiger partial charge in [-0.05, 0) is 67.1 Å². The zero-order valence-corrected chi connectivity index (χ0v) is 13.8. The number of hydrogen-bond donors (Lipinski definition) is 2. The molecule has 4 aliphatic carbocycles. The van der Waals surface area contributed by atoms with Crippen LogP contribution in [-0.2, 0) is 0 Å². The maximum absolute atomic E-state index is 14.2. The van der Waals surface area contributed by atoms with Crippen molar-refractivity contribution in [3.63, 3.8) is 0 Å². The molecule has 0 spiro atoms. The molecule has 0 aliphatic heterocycles. The zero-order valence-electron chi connectivity index (χ0n) is 13.8. The molecule has 2 nitrogen and oxygen atoms in total. The molecule has 0 amide bonds. The first kappa shape index (κ1) is 15.1. The van der Waals surface area contributed by atoms with Crippen LogP contribution in [0.5, 0.6) is 0 Å². The first-order valence-corrected chi connectivity index (χ1v) is 9.09. The first-order valence-electron chi connectivity index (χ1n) is 9.09. The Balaban J connectivity index is 1.75. The molecule has 8 atom stereocenters. The average Bonchev–Trinajstić information content (AvgIpc) is 2.71. The number of alkyl halides is 1. The van der Waals surface area contributed by atoms with Gasteiger partial charge in [0.05, 0.1) is 12.2 Å². The number of fused-ring (bicyclic) bond motifs is 5. The lowest BCUT2D eigenvalue weighted by Gasteiger charge is -2.58. The fourth-order valence-electron chi connectivity index (χ4n) is 6.63. The van der Waals surface area contributed by atoms with Gasteiger partial charge in [0.1, 0.15) is 6.17 Å². The molecule has 0 unspecified atom stereocenters. The molecular formula is C19H29FO2. The highest BCUT2D eigenvalue weighted by atomic mass is 19.1. The van der Waals surface area contributed by atoms with E-state index in [1.54, 1.807) is 0 Å². The lowest BCUT2D eigenvalue weighted by molar-refractivity contribution is -0.104. The highest BCUT2D eigenvalue weighted by molar-refractivity contribution is 5.27. The molecule has 0 aromatic carbocycles. The van der Waals surface area contributed by atoms with E-state index in [0.29, 0.717) is 12.3 Å². The Kier molecular flexibility index (Phi) is 3.30. The van der Waals surface area contributed by atoms with Crippen molar-refractivity contribution in [2.75, 3.05) is 0 Å². The van der Waals surface area contributed by atoms with Gasteiger partial charge >= 0.3 is 0 Å². The number of allylic oxidation sites excluding steroid dienone is 1. The van der Waals surface area contributed by atoms with Crippen LogP contribution in [0.2, 0.25) is 0 Å². The van der Waals surface area contributed by atoms with Gasteiger partial charge in [0.25, 0.3) is 0 Å². The lowest BCUT2D eigenvalue weighted by Crippen LogP contribution is -2.54. The molecular weight excluding hydrogens is 279 g/mol. The molecule has 3 fully saturated rings. The summed E-state index contributed by atoms with van der Waals surface area (Å²) in [6.07, 6.45) is 6.85. The number of halogens is 1. The van der Waals surface area contributed by atoms with E-state index in [1.165, 1.54) is 24.8 Å². The summed E-state index contributed by atoms with van der Waals surface area (Å²) >= 11 is 0. The summed E-state index contributed by atoms with van der Waals surface area (Å²) < 4.78 is 14.2. The van der Waals surface area contributed by atoms with Crippen LogP contribution in [-0.4, -0.2) is 28.6 Å². The van der Waals surface area contributed by atoms with Crippen molar-refractivity contribution in [3.05, 3.63) is 11.6 Å². The second-order valence-corrected chi connectivity index (χ2v) is 8.84. The average molecular weight is 308 g/mol. The van der Waals surface area contributed by atoms with E-state index < -0.39 is 18.4 Å². The van der Waals surface area contributed by atoms with Crippen molar-refractivity contribution in [1.82, 2.24) is 0 Å². The molecule has 0 aromatic rings. The zero-order chi connectivity index (χ0) is 15.7. The van der Waals surface area contributed by atoms with Gasteiger partial charge in [0.15, 0.2) is 0 Å². The molecule has 3 saturated carbocycles. The number of aliphatic hydroxyl groups is 2. The molecule has 0 radical (unpaired) electrons. The summed E-state index contributed by atoms with van der Waals surface area (Å²) in [5.74, 6) is 0.696. The van der Waals surface area contributed by atoms with E-state index in [1.807, 2.05) is 6.92 Å². The molecule has 4 rings (SSSR count). The van der Waals surface area contributed by atoms with E-state index in [-0.39, 0.29) is 22.7 Å². The van der Waals surface area contributed by atoms with Gasteiger partial charge in [-0.3, -0.25) is 0 Å². The Morgan fingerprint density at radius 1 is 1.14 bits per heavy atom. The van der Waals surface area contributed by atoms with Crippen molar-refractivity contribution >= 4 is 0 Å². The molecule has 0 aromatic heterocycles. The first-order chi connectivity index (χ1) is 10.4. The van der Waals surface area contributed by atoms with Gasteiger partial charge in [-0.15, -0.1) is 0 Å². The summed E-state index contributed by atoms with van der Waals surface area (Å²) in [6, 6.07) is 0. The van der Waals surface area contributed by atoms with E-state index in [2.05, 4.69) is 13.0 Å². The fraction of sp³-hybridized carbons (Fsp3) is 0.895. The van der Waals surface area contributed by atoms with Gasteiger partial charge in [0.2, 0.25) is 0 Å². The molecule has 4 aliphatic rings. The van der Waals surface area contributed by atoms with Crippen LogP contribution in [0.1, 0.15) is 58.8 Å². The van der Waals surface area contributed by atoms with Gasteiger partial charge < -0.3 is 10.2 Å². The topological polar surface area (TPSA) is 40.5 Å². The highest BCUT2D eigenvalue weighted by Gasteiger charge is 2.62. The quantitative estimate of drug-likeness (QED) is 0.671. The summed E-state index contributed by atoms with van der Waals surface area (Å²) in [5.41, 5.74) is 1.30. The van der Waals surface area contributed by atoms with E-state index in [9.17, 15) is 14.6 Å². The third-order valence-electron chi connectivity index (χ3n) is 7.98. The van der Waals surface area contributed by atoms with Crippen molar-refractivity contribution in [3.8, 4) is 0 Å². The van der Waals surface area contributed by atoms with Crippen LogP contribution in [0, 0.1) is 28.6 Å². The van der Waals surface area contributed by atoms with Crippen LogP contribution in [0.4, 0.5) is 4.39 Å². The van der Waals surface area contributed by atoms with Gasteiger partial charge in [0, 0.05) is 0 Å². The Morgan fingerprint density at radius 3 is 2.68 bits per heavy atom. The normalized spacial score (nSPS) is 57.6. The SMILES string of the molecule is C[C@]12CC[C@H]3[C@@H]([C@@H](O)C=C4CCCC[C@@]43C)[C@@H]1C[C@@H](F)[C@H]2O. The van der Waals surface area contributed by atoms with E-state index >= 15 is 0 Å². The van der Waals surface area contributed by atoms with Gasteiger partial charge in [-0.25, -0.2) is 4.39 Å². The predicted octanol–water partition coefficient (Wildman–Crippen LogP) is 3.62. The van der Waals surface area contributed by atoms with Crippen LogP contribution < -0.4 is 0 Å². The second kappa shape index (κ2) is 4.80. The van der Waals surface area contributed by atoms with Gasteiger partial charge in [-0.1, -0.05) is 31.9 Å². The summed E-state index contributed by atoms with van der Waals surface area (Å²) in [6.45, 7) is 4.43. The predicted molar refractivity (Wildman–Crippen MR) is 84.0 cm³/mol. The number of aliphatic hydroxyl groups excluding tert-OH is 2. The summed E-state index contributed by atoms with van der Waals surface area (Å²) in [5, 5.41) is 21.2. The van der Waals surface area contributed by atoms with E-state index in [4.69, 9.17) is 0 Å². The van der Waals surface area contributed by atoms with Gasteiger partial charge in [-0.2, -0.15) is 0 Å². The monoisotopic (exact) mass is 308 g/mol. The number of rotatable bonds is 0. The van der Waals surface area contributed by atoms with Crippen molar-refractivity contribution in [1.29, 1.82) is 0 Å². The molecule has 0 heterocycles. The fourth-order valence-corrected chi connectivity index (χ4v) is 6.63. The van der Waals surface area contributed by atoms with Crippen LogP contribution in [0.3, 0.4) is 0 Å². The highest BCUT2D eigenvalue weighted by Crippen LogP contribution is 2.65. The largest absolute Gasteiger partial charge is 0.390 e. The minimum Gasteiger partial charge on any atom is -0.390 e. The smallest absolute Gasteiger partial charge is 0.127 e. The second-order valence-electron chi connectivity index (χ2n) is 8.84. The van der Waals surface area contributed by atoms with Crippen LogP contribution in [0.25, 0.3) is 0 Å². The molecule has 22 heavy (non-hydrogen) atoms. The van der Waals surface area contributed by atoms with Crippen LogP contribution >= 0.6 is 0 Å². The van der Waals surface area contributed by atoms with Crippen molar-refractivity contribution in [2.24, 2.45) is 28.6 Å². The molecule has 0 bridgehead atoms. The maximum Gasteiger partial charge on any atom is 0.127 e. The minimum atomic E-state index is -1.12. The molecule has 3 heteroatoms. The Bertz CT molecular complexity index is 504. The summed E-state index contributed by atoms with van der Waals surface area (Å²) in [4.78, 5) is 0. The standard InChI is InChI=1S/C19H29FO2/c1-18-7-4-3-5-11(18)9-15(21)16-12(18)6-8-19(2)13(16)10-14(20)17(19)22/h9,12-17,21-22H,3-8,10H2,1-2H3/t12-,13-,14+,15-,16+,17+,18-,19-/m0/s1. The summed E-state index contributed by atoms with van der Waals surface area (Å²) in [7, 11) is 0. The Hall–Kier alpha value is -0.410. The third-order valence-corrected chi connectivity index (χ3v) is 7.98. The lowest BCUT2D eigenvalue weighted by atomic mass is 9.47. The third kappa shape index (κ3) is 1.78. The van der Waals surface area contributed by atoms with Crippen molar-refractivity contribution < 1.29 is 14.6 Å². The Morgan fingerprint density at radius 2 is 1.91 bits per heavy atom. The van der Waals surface area contributed by atoms with Crippen LogP contribution in [0.15, 0.2) is 11.6 Å². The number of hydrogen-bond acceptors (Lipinski definition) is 2. The maximum atomic E-state index is 14.2. The van der Waals surface area contributed by atoms with E-state index in [0.717, 1.165) is 19.3 Å². The molecule has 2 N–H and O–H groups in total. The molecule has 0 saturated heterocycles. The molecule has 124 valence electrons. The Labute approximate surface area is 132 Å². The minimum absolute atomic E-state index is 0.114.